The summed E-state index contributed by atoms with van der Waals surface area (Å²) in [4.78, 5) is 8.71. The molecule has 1 fully saturated rings. The maximum absolute atomic E-state index is 14.6. The van der Waals surface area contributed by atoms with Gasteiger partial charge in [0.05, 0.1) is 19.8 Å². The highest BCUT2D eigenvalue weighted by Crippen LogP contribution is 2.49. The van der Waals surface area contributed by atoms with Crippen LogP contribution in [0, 0.1) is 17.6 Å². The molecule has 4 rings (SSSR count). The molecule has 1 aromatic heterocycles. The van der Waals surface area contributed by atoms with Crippen LogP contribution in [0.1, 0.15) is 23.7 Å². The Morgan fingerprint density at radius 3 is 2.93 bits per heavy atom. The van der Waals surface area contributed by atoms with Crippen LogP contribution in [0.2, 0.25) is 0 Å². The summed E-state index contributed by atoms with van der Waals surface area (Å²) in [7, 11) is 1.56. The zero-order valence-electron chi connectivity index (χ0n) is 14.7. The summed E-state index contributed by atoms with van der Waals surface area (Å²) < 4.78 is 39.3. The van der Waals surface area contributed by atoms with Crippen LogP contribution < -0.4 is 10.5 Å². The Bertz CT molecular complexity index is 895. The Morgan fingerprint density at radius 2 is 2.15 bits per heavy atom. The molecule has 1 aromatic carbocycles. The second-order valence-corrected chi connectivity index (χ2v) is 7.71. The highest BCUT2D eigenvalue weighted by atomic mass is 32.2. The first-order valence-corrected chi connectivity index (χ1v) is 9.55. The number of aromatic nitrogens is 1. The normalized spacial score (nSPS) is 27.6. The average molecular weight is 391 g/mol. The third-order valence-corrected chi connectivity index (χ3v) is 6.11. The first-order valence-electron chi connectivity index (χ1n) is 8.57. The summed E-state index contributed by atoms with van der Waals surface area (Å²) in [6.45, 7) is 0.163. The van der Waals surface area contributed by atoms with Crippen LogP contribution in [0.25, 0.3) is 0 Å². The van der Waals surface area contributed by atoms with Crippen molar-refractivity contribution >= 4 is 16.9 Å². The number of aliphatic imine (C=N–C) groups is 1. The van der Waals surface area contributed by atoms with E-state index < -0.39 is 17.2 Å². The van der Waals surface area contributed by atoms with Crippen molar-refractivity contribution in [1.82, 2.24) is 4.98 Å². The third kappa shape index (κ3) is 3.27. The molecule has 1 saturated heterocycles. The standard InChI is InChI=1S/C19H19F2N3O2S/c1-25-17-6-11(4-5-23-17)16-7-12-9-27-18(22)24-19(12,10-26-16)14-3-2-13(20)8-15(14)21/h2-6,8,12,16H,7,9-10H2,1H3,(H2,22,24)/t12-,16+,19-/m0/s1. The second-order valence-electron chi connectivity index (χ2n) is 6.67. The number of benzene rings is 1. The number of thioether (sulfide) groups is 1. The molecule has 2 aromatic rings. The predicted molar refractivity (Wildman–Crippen MR) is 99.7 cm³/mol. The SMILES string of the molecule is COc1cc([C@H]2C[C@H]3CSC(N)=N[C@@]3(c3ccc(F)cc3F)CO2)ccn1. The lowest BCUT2D eigenvalue weighted by molar-refractivity contribution is -0.0588. The van der Waals surface area contributed by atoms with Gasteiger partial charge < -0.3 is 15.2 Å². The van der Waals surface area contributed by atoms with Crippen molar-refractivity contribution < 1.29 is 18.3 Å². The summed E-state index contributed by atoms with van der Waals surface area (Å²) in [5.74, 6) is -0.0554. The molecule has 3 atom stereocenters. The van der Waals surface area contributed by atoms with Crippen LogP contribution in [0.4, 0.5) is 8.78 Å². The number of ether oxygens (including phenoxy) is 2. The molecule has 0 radical (unpaired) electrons. The largest absolute Gasteiger partial charge is 0.481 e. The van der Waals surface area contributed by atoms with Gasteiger partial charge in [0.25, 0.3) is 0 Å². The third-order valence-electron chi connectivity index (χ3n) is 5.16. The Morgan fingerprint density at radius 1 is 1.30 bits per heavy atom. The monoisotopic (exact) mass is 391 g/mol. The maximum Gasteiger partial charge on any atom is 0.213 e. The van der Waals surface area contributed by atoms with Crippen LogP contribution in [0.5, 0.6) is 5.88 Å². The fraction of sp³-hybridized carbons (Fsp3) is 0.368. The maximum atomic E-state index is 14.6. The molecule has 2 aliphatic heterocycles. The molecule has 27 heavy (non-hydrogen) atoms. The number of rotatable bonds is 3. The van der Waals surface area contributed by atoms with Crippen molar-refractivity contribution in [1.29, 1.82) is 0 Å². The van der Waals surface area contributed by atoms with E-state index in [0.717, 1.165) is 11.6 Å². The van der Waals surface area contributed by atoms with Gasteiger partial charge in [-0.2, -0.15) is 0 Å². The minimum absolute atomic E-state index is 0.00679. The summed E-state index contributed by atoms with van der Waals surface area (Å²) in [6.07, 6.45) is 2.12. The van der Waals surface area contributed by atoms with Crippen molar-refractivity contribution in [3.8, 4) is 5.88 Å². The number of halogens is 2. The van der Waals surface area contributed by atoms with Crippen LogP contribution in [0.15, 0.2) is 41.5 Å². The molecule has 8 heteroatoms. The fourth-order valence-electron chi connectivity index (χ4n) is 3.78. The Hall–Kier alpha value is -2.19. The lowest BCUT2D eigenvalue weighted by atomic mass is 9.74. The number of hydrogen-bond acceptors (Lipinski definition) is 6. The van der Waals surface area contributed by atoms with Crippen LogP contribution in [0.3, 0.4) is 0 Å². The van der Waals surface area contributed by atoms with Crippen molar-refractivity contribution in [3.05, 3.63) is 59.3 Å². The Balaban J connectivity index is 1.70. The average Bonchev–Trinajstić information content (AvgIpc) is 2.67. The van der Waals surface area contributed by atoms with Crippen LogP contribution in [-0.4, -0.2) is 29.6 Å². The van der Waals surface area contributed by atoms with E-state index in [1.807, 2.05) is 12.1 Å². The Kier molecular flexibility index (Phi) is 4.77. The number of methoxy groups -OCH3 is 1. The highest BCUT2D eigenvalue weighted by Gasteiger charge is 2.49. The van der Waals surface area contributed by atoms with Gasteiger partial charge in [0.2, 0.25) is 5.88 Å². The molecular formula is C19H19F2N3O2S. The molecule has 0 spiro atoms. The zero-order valence-corrected chi connectivity index (χ0v) is 15.5. The van der Waals surface area contributed by atoms with Crippen LogP contribution >= 0.6 is 11.8 Å². The molecule has 0 aliphatic carbocycles. The van der Waals surface area contributed by atoms with E-state index in [2.05, 4.69) is 9.98 Å². The summed E-state index contributed by atoms with van der Waals surface area (Å²) in [5.41, 5.74) is 6.29. The second kappa shape index (κ2) is 7.09. The molecule has 2 N–H and O–H groups in total. The van der Waals surface area contributed by atoms with E-state index in [0.29, 0.717) is 28.8 Å². The molecular weight excluding hydrogens is 372 g/mol. The predicted octanol–water partition coefficient (Wildman–Crippen LogP) is 3.40. The van der Waals surface area contributed by atoms with E-state index in [4.69, 9.17) is 15.2 Å². The minimum atomic E-state index is -0.944. The van der Waals surface area contributed by atoms with Gasteiger partial charge in [0, 0.05) is 35.6 Å². The smallest absolute Gasteiger partial charge is 0.213 e. The first kappa shape index (κ1) is 18.2. The Labute approximate surface area is 160 Å². The van der Waals surface area contributed by atoms with Gasteiger partial charge in [0.15, 0.2) is 5.17 Å². The van der Waals surface area contributed by atoms with Crippen molar-refractivity contribution in [3.63, 3.8) is 0 Å². The molecule has 5 nitrogen and oxygen atoms in total. The van der Waals surface area contributed by atoms with Gasteiger partial charge in [-0.05, 0) is 24.1 Å². The quantitative estimate of drug-likeness (QED) is 0.868. The lowest BCUT2D eigenvalue weighted by Gasteiger charge is -2.46. The topological polar surface area (TPSA) is 69.7 Å². The number of pyridine rings is 1. The van der Waals surface area contributed by atoms with E-state index in [1.54, 1.807) is 13.3 Å². The molecule has 0 saturated carbocycles. The van der Waals surface area contributed by atoms with E-state index in [-0.39, 0.29) is 18.6 Å². The van der Waals surface area contributed by atoms with Gasteiger partial charge in [0.1, 0.15) is 17.2 Å². The lowest BCUT2D eigenvalue weighted by Crippen LogP contribution is -2.48. The number of hydrogen-bond donors (Lipinski definition) is 1. The van der Waals surface area contributed by atoms with E-state index in [1.165, 1.54) is 23.9 Å². The van der Waals surface area contributed by atoms with Gasteiger partial charge in [-0.1, -0.05) is 17.8 Å². The number of nitrogens with two attached hydrogens (primary N) is 1. The summed E-state index contributed by atoms with van der Waals surface area (Å²) >= 11 is 1.45. The number of nitrogens with zero attached hydrogens (tertiary/aromatic N) is 2. The first-order chi connectivity index (χ1) is 13.0. The van der Waals surface area contributed by atoms with Gasteiger partial charge >= 0.3 is 0 Å². The van der Waals surface area contributed by atoms with Crippen molar-refractivity contribution in [2.75, 3.05) is 19.5 Å². The number of fused-ring (bicyclic) bond motifs is 1. The molecule has 0 bridgehead atoms. The van der Waals surface area contributed by atoms with Crippen LogP contribution in [-0.2, 0) is 10.3 Å². The van der Waals surface area contributed by atoms with Gasteiger partial charge in [-0.3, -0.25) is 0 Å². The van der Waals surface area contributed by atoms with Crippen molar-refractivity contribution in [2.24, 2.45) is 16.6 Å². The minimum Gasteiger partial charge on any atom is -0.481 e. The fourth-order valence-corrected chi connectivity index (χ4v) is 4.79. The molecule has 3 heterocycles. The van der Waals surface area contributed by atoms with E-state index in [9.17, 15) is 8.78 Å². The molecule has 0 unspecified atom stereocenters. The summed E-state index contributed by atoms with van der Waals surface area (Å²) in [5, 5.41) is 0.391. The van der Waals surface area contributed by atoms with E-state index >= 15 is 0 Å². The molecule has 142 valence electrons. The molecule has 0 amide bonds. The summed E-state index contributed by atoms with van der Waals surface area (Å²) in [6, 6.07) is 7.30. The van der Waals surface area contributed by atoms with Crippen molar-refractivity contribution in [2.45, 2.75) is 18.1 Å². The van der Waals surface area contributed by atoms with Gasteiger partial charge in [-0.15, -0.1) is 0 Å². The molecule has 2 aliphatic rings. The number of amidine groups is 1. The zero-order chi connectivity index (χ0) is 19.0. The van der Waals surface area contributed by atoms with Gasteiger partial charge in [-0.25, -0.2) is 18.8 Å². The highest BCUT2D eigenvalue weighted by molar-refractivity contribution is 8.13.